The van der Waals surface area contributed by atoms with Crippen LogP contribution in [0.3, 0.4) is 0 Å². The molecule has 4 aromatic rings. The molecule has 1 heterocycles. The maximum Gasteiger partial charge on any atom is 0.422 e. The fourth-order valence-electron chi connectivity index (χ4n) is 3.26. The van der Waals surface area contributed by atoms with Gasteiger partial charge in [0.2, 0.25) is 0 Å². The Kier molecular flexibility index (Phi) is 7.58. The first-order valence-electron chi connectivity index (χ1n) is 10.7. The first-order chi connectivity index (χ1) is 17.3. The second kappa shape index (κ2) is 11.0. The Labute approximate surface area is 203 Å². The van der Waals surface area contributed by atoms with E-state index in [0.29, 0.717) is 12.1 Å². The van der Waals surface area contributed by atoms with Crippen LogP contribution in [-0.4, -0.2) is 10.2 Å². The van der Waals surface area contributed by atoms with Crippen molar-refractivity contribution in [1.29, 1.82) is 0 Å². The highest BCUT2D eigenvalue weighted by atomic mass is 19.4. The Hall–Kier alpha value is -4.27. The topological polar surface area (TPSA) is 44.2 Å². The number of alkyl halides is 3. The molecule has 0 aliphatic carbocycles. The van der Waals surface area contributed by atoms with Gasteiger partial charge < -0.3 is 9.47 Å². The predicted molar refractivity (Wildman–Crippen MR) is 124 cm³/mol. The molecule has 0 unspecified atom stereocenters. The Morgan fingerprint density at radius 2 is 1.25 bits per heavy atom. The first kappa shape index (κ1) is 24.8. The third-order valence-corrected chi connectivity index (χ3v) is 5.00. The molecule has 0 spiro atoms. The Morgan fingerprint density at radius 3 is 1.81 bits per heavy atom. The Bertz CT molecular complexity index is 1320. The summed E-state index contributed by atoms with van der Waals surface area (Å²) in [5, 5.41) is 8.07. The summed E-state index contributed by atoms with van der Waals surface area (Å²) in [7, 11) is 0. The van der Waals surface area contributed by atoms with Crippen molar-refractivity contribution in [2.75, 3.05) is 0 Å². The highest BCUT2D eigenvalue weighted by molar-refractivity contribution is 5.69. The third-order valence-electron chi connectivity index (χ3n) is 5.00. The van der Waals surface area contributed by atoms with Gasteiger partial charge in [0.05, 0.1) is 5.69 Å². The number of rotatable bonds is 8. The van der Waals surface area contributed by atoms with E-state index < -0.39 is 23.4 Å². The van der Waals surface area contributed by atoms with Crippen LogP contribution in [0.15, 0.2) is 78.9 Å². The van der Waals surface area contributed by atoms with Crippen LogP contribution in [0.25, 0.3) is 12.2 Å². The molecule has 1 aromatic heterocycles. The van der Waals surface area contributed by atoms with Gasteiger partial charge in [-0.05, 0) is 34.9 Å². The normalized spacial score (nSPS) is 11.6. The quantitative estimate of drug-likeness (QED) is 0.243. The van der Waals surface area contributed by atoms with Crippen molar-refractivity contribution in [1.82, 2.24) is 10.2 Å². The molecule has 0 fully saturated rings. The van der Waals surface area contributed by atoms with Crippen LogP contribution in [-0.2, 0) is 19.4 Å². The van der Waals surface area contributed by atoms with Crippen LogP contribution in [0, 0.1) is 11.6 Å². The molecule has 0 bridgehead atoms. The maximum atomic E-state index is 13.9. The van der Waals surface area contributed by atoms with Gasteiger partial charge in [-0.15, -0.1) is 10.2 Å². The van der Waals surface area contributed by atoms with Crippen LogP contribution in [0.1, 0.15) is 27.9 Å². The van der Waals surface area contributed by atoms with Crippen molar-refractivity contribution < 1.29 is 31.4 Å². The van der Waals surface area contributed by atoms with Crippen LogP contribution in [0.2, 0.25) is 0 Å². The van der Waals surface area contributed by atoms with Crippen molar-refractivity contribution >= 4 is 12.2 Å². The number of benzene rings is 3. The molecule has 3 aromatic carbocycles. The monoisotopic (exact) mass is 498 g/mol. The lowest BCUT2D eigenvalue weighted by atomic mass is 10.1. The van der Waals surface area contributed by atoms with E-state index in [2.05, 4.69) is 10.2 Å². The highest BCUT2D eigenvalue weighted by Gasteiger charge is 2.37. The first-order valence-corrected chi connectivity index (χ1v) is 10.7. The van der Waals surface area contributed by atoms with E-state index in [-0.39, 0.29) is 36.1 Å². The molecular weight excluding hydrogens is 479 g/mol. The molecule has 4 rings (SSSR count). The van der Waals surface area contributed by atoms with E-state index in [4.69, 9.17) is 9.47 Å². The number of halogens is 5. The largest absolute Gasteiger partial charge is 0.483 e. The van der Waals surface area contributed by atoms with E-state index in [9.17, 15) is 22.0 Å². The van der Waals surface area contributed by atoms with Gasteiger partial charge in [0, 0.05) is 6.07 Å². The van der Waals surface area contributed by atoms with Crippen molar-refractivity contribution in [3.8, 4) is 11.6 Å². The molecule has 184 valence electrons. The minimum atomic E-state index is -5.14. The summed E-state index contributed by atoms with van der Waals surface area (Å²) in [6, 6.07) is 21.5. The summed E-state index contributed by atoms with van der Waals surface area (Å²) < 4.78 is 77.8. The summed E-state index contributed by atoms with van der Waals surface area (Å²) in [6.45, 7) is 0.434. The number of nitrogens with zero attached hydrogens (tertiary/aromatic N) is 2. The molecule has 0 atom stereocenters. The molecule has 0 saturated heterocycles. The standard InChI is InChI=1S/C27H19F5N2O2/c28-22-13-20(14-23(29)25(22)27(30,31)32)11-12-21-15-24(35-16-18-7-3-1-4-8-18)26(34-33-21)36-17-19-9-5-2-6-10-19/h1-15H,16-17H2. The maximum absolute atomic E-state index is 13.9. The molecule has 0 aliphatic heterocycles. The Morgan fingerprint density at radius 1 is 0.694 bits per heavy atom. The van der Waals surface area contributed by atoms with Gasteiger partial charge in [0.1, 0.15) is 30.4 Å². The summed E-state index contributed by atoms with van der Waals surface area (Å²) in [5.74, 6) is -3.00. The summed E-state index contributed by atoms with van der Waals surface area (Å²) in [4.78, 5) is 0. The average Bonchev–Trinajstić information content (AvgIpc) is 2.85. The molecule has 0 aliphatic rings. The van der Waals surface area contributed by atoms with Crippen molar-refractivity contribution in [2.45, 2.75) is 19.4 Å². The van der Waals surface area contributed by atoms with E-state index in [1.54, 1.807) is 0 Å². The number of ether oxygens (including phenoxy) is 2. The number of aromatic nitrogens is 2. The molecule has 36 heavy (non-hydrogen) atoms. The van der Waals surface area contributed by atoms with E-state index in [1.807, 2.05) is 60.7 Å². The molecule has 0 amide bonds. The smallest absolute Gasteiger partial charge is 0.422 e. The summed E-state index contributed by atoms with van der Waals surface area (Å²) in [5.41, 5.74) is -0.00231. The lowest BCUT2D eigenvalue weighted by Gasteiger charge is -2.12. The minimum Gasteiger partial charge on any atom is -0.483 e. The SMILES string of the molecule is Fc1cc(C=Cc2cc(OCc3ccccc3)c(OCc3ccccc3)nn2)cc(F)c1C(F)(F)F. The molecule has 0 radical (unpaired) electrons. The van der Waals surface area contributed by atoms with Crippen LogP contribution in [0.5, 0.6) is 11.6 Å². The van der Waals surface area contributed by atoms with Crippen LogP contribution < -0.4 is 9.47 Å². The number of hydrogen-bond donors (Lipinski definition) is 0. The average molecular weight is 498 g/mol. The van der Waals surface area contributed by atoms with Crippen LogP contribution >= 0.6 is 0 Å². The number of hydrogen-bond acceptors (Lipinski definition) is 4. The van der Waals surface area contributed by atoms with Gasteiger partial charge in [-0.3, -0.25) is 0 Å². The zero-order valence-electron chi connectivity index (χ0n) is 18.7. The van der Waals surface area contributed by atoms with Gasteiger partial charge in [0.25, 0.3) is 5.88 Å². The molecule has 4 nitrogen and oxygen atoms in total. The Balaban J connectivity index is 1.57. The van der Waals surface area contributed by atoms with E-state index in [0.717, 1.165) is 11.1 Å². The molecule has 9 heteroatoms. The van der Waals surface area contributed by atoms with Gasteiger partial charge in [-0.25, -0.2) is 8.78 Å². The molecule has 0 N–H and O–H groups in total. The van der Waals surface area contributed by atoms with Gasteiger partial charge in [-0.1, -0.05) is 66.7 Å². The van der Waals surface area contributed by atoms with Crippen molar-refractivity contribution in [3.63, 3.8) is 0 Å². The zero-order valence-corrected chi connectivity index (χ0v) is 18.7. The zero-order chi connectivity index (χ0) is 25.5. The second-order valence-corrected chi connectivity index (χ2v) is 7.68. The van der Waals surface area contributed by atoms with Crippen molar-refractivity contribution in [2.24, 2.45) is 0 Å². The van der Waals surface area contributed by atoms with Gasteiger partial charge in [0.15, 0.2) is 5.75 Å². The lowest BCUT2D eigenvalue weighted by molar-refractivity contribution is -0.142. The highest BCUT2D eigenvalue weighted by Crippen LogP contribution is 2.34. The lowest BCUT2D eigenvalue weighted by Crippen LogP contribution is -2.11. The third kappa shape index (κ3) is 6.44. The molecular formula is C27H19F5N2O2. The van der Waals surface area contributed by atoms with E-state index >= 15 is 0 Å². The second-order valence-electron chi connectivity index (χ2n) is 7.68. The summed E-state index contributed by atoms with van der Waals surface area (Å²) in [6.07, 6.45) is -2.56. The fraction of sp³-hybridized carbons (Fsp3) is 0.111. The molecule has 0 saturated carbocycles. The van der Waals surface area contributed by atoms with E-state index in [1.165, 1.54) is 18.2 Å². The summed E-state index contributed by atoms with van der Waals surface area (Å²) >= 11 is 0. The fourth-order valence-corrected chi connectivity index (χ4v) is 3.26. The van der Waals surface area contributed by atoms with Gasteiger partial charge in [-0.2, -0.15) is 13.2 Å². The van der Waals surface area contributed by atoms with Crippen LogP contribution in [0.4, 0.5) is 22.0 Å². The minimum absolute atomic E-state index is 0.115. The van der Waals surface area contributed by atoms with Gasteiger partial charge >= 0.3 is 6.18 Å². The van der Waals surface area contributed by atoms with Crippen molar-refractivity contribution in [3.05, 3.63) is 118 Å². The predicted octanol–water partition coefficient (Wildman–Crippen LogP) is 7.10.